The number of nitrogens with one attached hydrogen (secondary N) is 1. The summed E-state index contributed by atoms with van der Waals surface area (Å²) in [5.74, 6) is -0.0956. The van der Waals surface area contributed by atoms with Gasteiger partial charge in [0.15, 0.2) is 0 Å². The Morgan fingerprint density at radius 3 is 2.29 bits per heavy atom. The third-order valence-corrected chi connectivity index (χ3v) is 4.19. The summed E-state index contributed by atoms with van der Waals surface area (Å²) in [4.78, 5) is 0. The predicted molar refractivity (Wildman–Crippen MR) is 85.3 cm³/mol. The van der Waals surface area contributed by atoms with Gasteiger partial charge in [-0.25, -0.2) is 8.78 Å². The van der Waals surface area contributed by atoms with Gasteiger partial charge in [-0.1, -0.05) is 34.1 Å². The van der Waals surface area contributed by atoms with Gasteiger partial charge in [0.2, 0.25) is 0 Å². The van der Waals surface area contributed by atoms with Crippen molar-refractivity contribution in [1.82, 2.24) is 5.32 Å². The molecule has 0 amide bonds. The van der Waals surface area contributed by atoms with Crippen LogP contribution >= 0.6 is 15.9 Å². The van der Waals surface area contributed by atoms with Gasteiger partial charge in [-0.05, 0) is 67.7 Å². The van der Waals surface area contributed by atoms with Crippen molar-refractivity contribution in [3.05, 3.63) is 69.7 Å². The summed E-state index contributed by atoms with van der Waals surface area (Å²) < 4.78 is 26.9. The maximum absolute atomic E-state index is 13.1. The molecule has 0 heterocycles. The fourth-order valence-corrected chi connectivity index (χ4v) is 2.97. The molecule has 1 N–H and O–H groups in total. The Morgan fingerprint density at radius 1 is 1.00 bits per heavy atom. The second-order valence-electron chi connectivity index (χ2n) is 5.19. The Morgan fingerprint density at radius 2 is 1.67 bits per heavy atom. The van der Waals surface area contributed by atoms with E-state index in [2.05, 4.69) is 21.2 Å². The Balaban J connectivity index is 2.09. The molecule has 21 heavy (non-hydrogen) atoms. The predicted octanol–water partition coefficient (Wildman–Crippen LogP) is 4.35. The molecule has 0 aliphatic carbocycles. The summed E-state index contributed by atoms with van der Waals surface area (Å²) in [5.41, 5.74) is 2.19. The summed E-state index contributed by atoms with van der Waals surface area (Å²) >= 11 is 3.41. The average Bonchev–Trinajstić information content (AvgIpc) is 2.44. The lowest BCUT2D eigenvalue weighted by Gasteiger charge is -2.18. The van der Waals surface area contributed by atoms with Crippen molar-refractivity contribution in [1.29, 1.82) is 0 Å². The molecule has 112 valence electrons. The van der Waals surface area contributed by atoms with E-state index in [-0.39, 0.29) is 11.6 Å². The Labute approximate surface area is 132 Å². The minimum atomic E-state index is -0.241. The first kappa shape index (κ1) is 16.1. The van der Waals surface area contributed by atoms with Gasteiger partial charge in [0.1, 0.15) is 11.6 Å². The van der Waals surface area contributed by atoms with Crippen molar-refractivity contribution in [3.63, 3.8) is 0 Å². The van der Waals surface area contributed by atoms with E-state index in [1.54, 1.807) is 0 Å². The number of halogens is 3. The lowest BCUT2D eigenvalue weighted by molar-refractivity contribution is 0.491. The molecule has 2 aromatic rings. The van der Waals surface area contributed by atoms with Crippen molar-refractivity contribution in [2.45, 2.75) is 12.8 Å². The van der Waals surface area contributed by atoms with Crippen molar-refractivity contribution < 1.29 is 8.78 Å². The van der Waals surface area contributed by atoms with E-state index in [4.69, 9.17) is 0 Å². The molecule has 0 aliphatic heterocycles. The van der Waals surface area contributed by atoms with Crippen LogP contribution in [0.15, 0.2) is 46.9 Å². The lowest BCUT2D eigenvalue weighted by Crippen LogP contribution is -2.23. The van der Waals surface area contributed by atoms with Crippen LogP contribution in [0.5, 0.6) is 0 Å². The molecule has 0 spiro atoms. The average molecular weight is 354 g/mol. The van der Waals surface area contributed by atoms with Crippen LogP contribution in [0.4, 0.5) is 8.78 Å². The number of hydrogen-bond acceptors (Lipinski definition) is 1. The standard InChI is InChI=1S/C17H18BrF2N/c1-21-11-13(8-12-2-5-15(19)6-3-12)9-14-4-7-16(20)10-17(14)18/h2-7,10,13,21H,8-9,11H2,1H3. The molecule has 1 nitrogen and oxygen atoms in total. The number of rotatable bonds is 6. The summed E-state index contributed by atoms with van der Waals surface area (Å²) in [6, 6.07) is 11.4. The molecular formula is C17H18BrF2N. The highest BCUT2D eigenvalue weighted by atomic mass is 79.9. The van der Waals surface area contributed by atoms with Gasteiger partial charge >= 0.3 is 0 Å². The van der Waals surface area contributed by atoms with Gasteiger partial charge in [-0.15, -0.1) is 0 Å². The second kappa shape index (κ2) is 7.66. The van der Waals surface area contributed by atoms with Crippen LogP contribution in [0.2, 0.25) is 0 Å². The van der Waals surface area contributed by atoms with Gasteiger partial charge in [-0.2, -0.15) is 0 Å². The molecule has 1 unspecified atom stereocenters. The van der Waals surface area contributed by atoms with Crippen LogP contribution in [-0.4, -0.2) is 13.6 Å². The van der Waals surface area contributed by atoms with Crippen LogP contribution in [0.25, 0.3) is 0 Å². The maximum Gasteiger partial charge on any atom is 0.124 e. The van der Waals surface area contributed by atoms with Crippen LogP contribution in [0, 0.1) is 17.6 Å². The topological polar surface area (TPSA) is 12.0 Å². The largest absolute Gasteiger partial charge is 0.319 e. The first-order chi connectivity index (χ1) is 10.1. The highest BCUT2D eigenvalue weighted by Gasteiger charge is 2.12. The normalized spacial score (nSPS) is 12.4. The lowest BCUT2D eigenvalue weighted by atomic mass is 9.92. The molecule has 0 aliphatic rings. The zero-order valence-electron chi connectivity index (χ0n) is 11.9. The van der Waals surface area contributed by atoms with Gasteiger partial charge in [-0.3, -0.25) is 0 Å². The van der Waals surface area contributed by atoms with E-state index < -0.39 is 0 Å². The highest BCUT2D eigenvalue weighted by Crippen LogP contribution is 2.23. The molecule has 0 radical (unpaired) electrons. The van der Waals surface area contributed by atoms with Crippen LogP contribution < -0.4 is 5.32 Å². The Bertz CT molecular complexity index is 584. The van der Waals surface area contributed by atoms with Gasteiger partial charge in [0, 0.05) is 4.47 Å². The van der Waals surface area contributed by atoms with E-state index in [9.17, 15) is 8.78 Å². The first-order valence-electron chi connectivity index (χ1n) is 6.91. The molecule has 0 aromatic heterocycles. The van der Waals surface area contributed by atoms with Crippen LogP contribution in [0.1, 0.15) is 11.1 Å². The van der Waals surface area contributed by atoms with Crippen molar-refractivity contribution in [2.24, 2.45) is 5.92 Å². The Hall–Kier alpha value is -1.26. The van der Waals surface area contributed by atoms with Gasteiger partial charge < -0.3 is 5.32 Å². The van der Waals surface area contributed by atoms with Crippen LogP contribution in [-0.2, 0) is 12.8 Å². The number of benzene rings is 2. The summed E-state index contributed by atoms with van der Waals surface area (Å²) in [5, 5.41) is 3.19. The van der Waals surface area contributed by atoms with E-state index in [1.165, 1.54) is 24.3 Å². The molecule has 0 saturated heterocycles. The summed E-state index contributed by atoms with van der Waals surface area (Å²) in [7, 11) is 1.91. The summed E-state index contributed by atoms with van der Waals surface area (Å²) in [6.07, 6.45) is 1.68. The summed E-state index contributed by atoms with van der Waals surface area (Å²) in [6.45, 7) is 0.848. The maximum atomic E-state index is 13.1. The highest BCUT2D eigenvalue weighted by molar-refractivity contribution is 9.10. The third kappa shape index (κ3) is 4.90. The molecular weight excluding hydrogens is 336 g/mol. The van der Waals surface area contributed by atoms with E-state index >= 15 is 0 Å². The van der Waals surface area contributed by atoms with Crippen molar-refractivity contribution in [2.75, 3.05) is 13.6 Å². The van der Waals surface area contributed by atoms with Crippen molar-refractivity contribution >= 4 is 15.9 Å². The molecule has 1 atom stereocenters. The Kier molecular flexibility index (Phi) is 5.88. The van der Waals surface area contributed by atoms with Crippen LogP contribution in [0.3, 0.4) is 0 Å². The molecule has 4 heteroatoms. The number of hydrogen-bond donors (Lipinski definition) is 1. The van der Waals surface area contributed by atoms with E-state index in [0.717, 1.165) is 35.0 Å². The van der Waals surface area contributed by atoms with Gasteiger partial charge in [0.25, 0.3) is 0 Å². The minimum Gasteiger partial charge on any atom is -0.319 e. The molecule has 0 saturated carbocycles. The van der Waals surface area contributed by atoms with Gasteiger partial charge in [0.05, 0.1) is 0 Å². The third-order valence-electron chi connectivity index (χ3n) is 3.45. The SMILES string of the molecule is CNCC(Cc1ccc(F)cc1)Cc1ccc(F)cc1Br. The second-order valence-corrected chi connectivity index (χ2v) is 6.05. The monoisotopic (exact) mass is 353 g/mol. The molecule has 2 aromatic carbocycles. The molecule has 2 rings (SSSR count). The fourth-order valence-electron chi connectivity index (χ4n) is 2.46. The first-order valence-corrected chi connectivity index (χ1v) is 7.70. The minimum absolute atomic E-state index is 0.217. The quantitative estimate of drug-likeness (QED) is 0.813. The van der Waals surface area contributed by atoms with Crippen molar-refractivity contribution in [3.8, 4) is 0 Å². The zero-order valence-corrected chi connectivity index (χ0v) is 13.5. The molecule has 0 bridgehead atoms. The zero-order chi connectivity index (χ0) is 15.2. The van der Waals surface area contributed by atoms with E-state index in [0.29, 0.717) is 5.92 Å². The van der Waals surface area contributed by atoms with E-state index in [1.807, 2.05) is 25.2 Å². The smallest absolute Gasteiger partial charge is 0.124 e. The molecule has 0 fully saturated rings. The fraction of sp³-hybridized carbons (Fsp3) is 0.294.